The third kappa shape index (κ3) is 6.70. The molecule has 0 spiro atoms. The molecule has 0 aromatic carbocycles. The molecule has 1 heterocycles. The van der Waals surface area contributed by atoms with Crippen molar-refractivity contribution in [2.24, 2.45) is 0 Å². The van der Waals surface area contributed by atoms with Crippen LogP contribution in [-0.2, 0) is 16.6 Å². The maximum absolute atomic E-state index is 11.7. The third-order valence-electron chi connectivity index (χ3n) is 2.29. The second-order valence-corrected chi connectivity index (χ2v) is 7.68. The van der Waals surface area contributed by atoms with E-state index in [-0.39, 0.29) is 5.75 Å². The molecule has 104 valence electrons. The van der Waals surface area contributed by atoms with Crippen LogP contribution in [0.3, 0.4) is 0 Å². The number of thiophene rings is 1. The van der Waals surface area contributed by atoms with Crippen molar-refractivity contribution in [3.8, 4) is 0 Å². The molecule has 0 saturated carbocycles. The molecule has 1 rings (SSSR count). The average Bonchev–Trinajstić information content (AvgIpc) is 2.73. The fraction of sp³-hybridized carbons (Fsp3) is 0.636. The van der Waals surface area contributed by atoms with Crippen molar-refractivity contribution in [1.82, 2.24) is 10.0 Å². The van der Waals surface area contributed by atoms with Crippen molar-refractivity contribution in [2.45, 2.75) is 26.3 Å². The molecule has 2 N–H and O–H groups in total. The van der Waals surface area contributed by atoms with Crippen LogP contribution in [0.5, 0.6) is 0 Å². The highest BCUT2D eigenvalue weighted by molar-refractivity contribution is 7.89. The largest absolute Gasteiger partial charge is 0.317 e. The van der Waals surface area contributed by atoms with Crippen molar-refractivity contribution in [1.29, 1.82) is 0 Å². The topological polar surface area (TPSA) is 58.2 Å². The summed E-state index contributed by atoms with van der Waals surface area (Å²) in [5.41, 5.74) is 0. The zero-order valence-electron chi connectivity index (χ0n) is 10.4. The first kappa shape index (κ1) is 15.9. The fourth-order valence-corrected chi connectivity index (χ4v) is 3.55. The van der Waals surface area contributed by atoms with E-state index in [0.717, 1.165) is 24.4 Å². The van der Waals surface area contributed by atoms with E-state index in [1.807, 2.05) is 6.07 Å². The number of rotatable bonds is 9. The van der Waals surface area contributed by atoms with Crippen LogP contribution in [0.25, 0.3) is 0 Å². The summed E-state index contributed by atoms with van der Waals surface area (Å²) in [5, 5.41) is 3.18. The van der Waals surface area contributed by atoms with Crippen LogP contribution < -0.4 is 10.0 Å². The van der Waals surface area contributed by atoms with Crippen LogP contribution in [0.4, 0.5) is 0 Å². The van der Waals surface area contributed by atoms with Crippen LogP contribution in [0, 0.1) is 0 Å². The molecule has 0 radical (unpaired) electrons. The van der Waals surface area contributed by atoms with Gasteiger partial charge >= 0.3 is 0 Å². The minimum absolute atomic E-state index is 0.156. The van der Waals surface area contributed by atoms with Crippen molar-refractivity contribution in [3.63, 3.8) is 0 Å². The molecular weight excluding hydrogens is 292 g/mol. The van der Waals surface area contributed by atoms with Gasteiger partial charge in [-0.2, -0.15) is 0 Å². The monoisotopic (exact) mass is 310 g/mol. The summed E-state index contributed by atoms with van der Waals surface area (Å²) in [6.45, 7) is 4.07. The lowest BCUT2D eigenvalue weighted by molar-refractivity contribution is 0.575. The Bertz CT molecular complexity index is 446. The molecule has 0 aliphatic heterocycles. The average molecular weight is 311 g/mol. The number of nitrogens with one attached hydrogen (secondary N) is 2. The Hall–Kier alpha value is -0.140. The highest BCUT2D eigenvalue weighted by Gasteiger charge is 2.10. The summed E-state index contributed by atoms with van der Waals surface area (Å²) in [6, 6.07) is 3.60. The van der Waals surface area contributed by atoms with Crippen LogP contribution >= 0.6 is 22.9 Å². The number of hydrogen-bond acceptors (Lipinski definition) is 4. The Labute approximate surface area is 118 Å². The third-order valence-corrected chi connectivity index (χ3v) is 4.93. The second kappa shape index (κ2) is 8.12. The standard InChI is InChI=1S/C11H19ClN2O2S2/c1-2-6-13-7-3-8-18(15,16)14-9-10-4-5-11(12)17-10/h4-5,13-14H,2-3,6-9H2,1H3. The van der Waals surface area contributed by atoms with E-state index in [0.29, 0.717) is 17.3 Å². The molecule has 1 aromatic rings. The van der Waals surface area contributed by atoms with Crippen molar-refractivity contribution >= 4 is 33.0 Å². The summed E-state index contributed by atoms with van der Waals surface area (Å²) in [7, 11) is -3.18. The highest BCUT2D eigenvalue weighted by atomic mass is 35.5. The zero-order valence-corrected chi connectivity index (χ0v) is 12.8. The van der Waals surface area contributed by atoms with E-state index in [4.69, 9.17) is 11.6 Å². The summed E-state index contributed by atoms with van der Waals surface area (Å²) in [6.07, 6.45) is 1.69. The molecular formula is C11H19ClN2O2S2. The first-order valence-electron chi connectivity index (χ1n) is 5.96. The predicted molar refractivity (Wildman–Crippen MR) is 77.7 cm³/mol. The summed E-state index contributed by atoms with van der Waals surface area (Å²) in [4.78, 5) is 0.924. The Balaban J connectivity index is 2.23. The van der Waals surface area contributed by atoms with Gasteiger partial charge in [-0.3, -0.25) is 0 Å². The van der Waals surface area contributed by atoms with Crippen LogP contribution in [0.15, 0.2) is 12.1 Å². The quantitative estimate of drug-likeness (QED) is 0.688. The van der Waals surface area contributed by atoms with Crippen molar-refractivity contribution in [2.75, 3.05) is 18.8 Å². The Kier molecular flexibility index (Phi) is 7.18. The van der Waals surface area contributed by atoms with Gasteiger partial charge in [0.1, 0.15) is 0 Å². The van der Waals surface area contributed by atoms with E-state index < -0.39 is 10.0 Å². The van der Waals surface area contributed by atoms with E-state index in [1.165, 1.54) is 11.3 Å². The molecule has 0 bridgehead atoms. The highest BCUT2D eigenvalue weighted by Crippen LogP contribution is 2.21. The van der Waals surface area contributed by atoms with Gasteiger partial charge < -0.3 is 5.32 Å². The second-order valence-electron chi connectivity index (χ2n) is 3.95. The lowest BCUT2D eigenvalue weighted by Crippen LogP contribution is -2.27. The minimum Gasteiger partial charge on any atom is -0.317 e. The molecule has 0 aliphatic carbocycles. The Morgan fingerprint density at radius 3 is 2.72 bits per heavy atom. The van der Waals surface area contributed by atoms with Gasteiger partial charge in [0.2, 0.25) is 10.0 Å². The summed E-state index contributed by atoms with van der Waals surface area (Å²) < 4.78 is 26.6. The van der Waals surface area contributed by atoms with E-state index in [2.05, 4.69) is 17.0 Å². The normalized spacial score (nSPS) is 11.9. The van der Waals surface area contributed by atoms with E-state index in [1.54, 1.807) is 6.07 Å². The fourth-order valence-electron chi connectivity index (χ4n) is 1.39. The molecule has 1 aromatic heterocycles. The molecule has 0 saturated heterocycles. The number of hydrogen-bond donors (Lipinski definition) is 2. The van der Waals surface area contributed by atoms with Gasteiger partial charge in [-0.15, -0.1) is 11.3 Å². The molecule has 0 aliphatic rings. The molecule has 7 heteroatoms. The lowest BCUT2D eigenvalue weighted by Gasteiger charge is -2.06. The number of halogens is 1. The first-order valence-corrected chi connectivity index (χ1v) is 8.80. The minimum atomic E-state index is -3.18. The van der Waals surface area contributed by atoms with Crippen molar-refractivity contribution in [3.05, 3.63) is 21.3 Å². The Morgan fingerprint density at radius 1 is 1.33 bits per heavy atom. The van der Waals surface area contributed by atoms with E-state index in [9.17, 15) is 8.42 Å². The van der Waals surface area contributed by atoms with Gasteiger partial charge in [0.05, 0.1) is 10.1 Å². The zero-order chi connectivity index (χ0) is 13.4. The number of sulfonamides is 1. The first-order chi connectivity index (χ1) is 8.53. The smallest absolute Gasteiger partial charge is 0.211 e. The van der Waals surface area contributed by atoms with Crippen LogP contribution in [-0.4, -0.2) is 27.3 Å². The molecule has 4 nitrogen and oxygen atoms in total. The molecule has 0 unspecified atom stereocenters. The van der Waals surface area contributed by atoms with Gasteiger partial charge in [0.15, 0.2) is 0 Å². The molecule has 18 heavy (non-hydrogen) atoms. The Morgan fingerprint density at radius 2 is 2.11 bits per heavy atom. The van der Waals surface area contributed by atoms with Crippen molar-refractivity contribution < 1.29 is 8.42 Å². The maximum atomic E-state index is 11.7. The van der Waals surface area contributed by atoms with Gasteiger partial charge in [-0.05, 0) is 38.1 Å². The summed E-state index contributed by atoms with van der Waals surface area (Å²) >= 11 is 7.17. The maximum Gasteiger partial charge on any atom is 0.211 e. The van der Waals surface area contributed by atoms with Crippen LogP contribution in [0.2, 0.25) is 4.34 Å². The van der Waals surface area contributed by atoms with Gasteiger partial charge in [0, 0.05) is 11.4 Å². The molecule has 0 atom stereocenters. The van der Waals surface area contributed by atoms with Gasteiger partial charge in [-0.1, -0.05) is 18.5 Å². The van der Waals surface area contributed by atoms with Crippen LogP contribution in [0.1, 0.15) is 24.6 Å². The predicted octanol–water partition coefficient (Wildman–Crippen LogP) is 2.21. The molecule has 0 amide bonds. The SMILES string of the molecule is CCCNCCCS(=O)(=O)NCc1ccc(Cl)s1. The van der Waals surface area contributed by atoms with Gasteiger partial charge in [-0.25, -0.2) is 13.1 Å². The van der Waals surface area contributed by atoms with E-state index >= 15 is 0 Å². The summed E-state index contributed by atoms with van der Waals surface area (Å²) in [5.74, 6) is 0.156. The lowest BCUT2D eigenvalue weighted by atomic mass is 10.4. The molecule has 0 fully saturated rings. The van der Waals surface area contributed by atoms with Gasteiger partial charge in [0.25, 0.3) is 0 Å².